The van der Waals surface area contributed by atoms with Crippen LogP contribution >= 0.6 is 0 Å². The highest BCUT2D eigenvalue weighted by Gasteiger charge is 2.29. The molecule has 2 aromatic rings. The van der Waals surface area contributed by atoms with E-state index in [1.165, 1.54) is 0 Å². The van der Waals surface area contributed by atoms with Gasteiger partial charge in [0.05, 0.1) is 24.9 Å². The van der Waals surface area contributed by atoms with Gasteiger partial charge >= 0.3 is 0 Å². The summed E-state index contributed by atoms with van der Waals surface area (Å²) in [7, 11) is 0. The molecule has 0 amide bonds. The molecule has 7 heteroatoms. The van der Waals surface area contributed by atoms with Crippen molar-refractivity contribution in [3.8, 4) is 0 Å². The van der Waals surface area contributed by atoms with Gasteiger partial charge in [0.15, 0.2) is 0 Å². The summed E-state index contributed by atoms with van der Waals surface area (Å²) < 4.78 is 0. The van der Waals surface area contributed by atoms with Crippen LogP contribution in [0, 0.1) is 6.92 Å². The molecule has 0 aromatic carbocycles. The first kappa shape index (κ1) is 16.8. The van der Waals surface area contributed by atoms with Crippen molar-refractivity contribution < 1.29 is 10.2 Å². The first-order valence-corrected chi connectivity index (χ1v) is 8.19. The highest BCUT2D eigenvalue weighted by Crippen LogP contribution is 2.28. The molecular formula is C17H23N5O2. The van der Waals surface area contributed by atoms with Gasteiger partial charge in [0.1, 0.15) is 17.5 Å². The second kappa shape index (κ2) is 7.65. The molecule has 0 aliphatic carbocycles. The van der Waals surface area contributed by atoms with Crippen LogP contribution in [0.3, 0.4) is 0 Å². The Morgan fingerprint density at radius 1 is 1.25 bits per heavy atom. The number of pyridine rings is 1. The number of aryl methyl sites for hydroxylation is 1. The molecule has 1 atom stereocenters. The van der Waals surface area contributed by atoms with Crippen LogP contribution < -0.4 is 5.32 Å². The van der Waals surface area contributed by atoms with Crippen LogP contribution in [0.2, 0.25) is 0 Å². The number of hydrogen-bond donors (Lipinski definition) is 3. The summed E-state index contributed by atoms with van der Waals surface area (Å²) in [5.74, 6) is 2.47. The molecule has 1 fully saturated rings. The van der Waals surface area contributed by atoms with Crippen LogP contribution in [0.1, 0.15) is 23.9 Å². The van der Waals surface area contributed by atoms with Crippen LogP contribution in [0.25, 0.3) is 0 Å². The predicted molar refractivity (Wildman–Crippen MR) is 91.2 cm³/mol. The molecule has 1 aliphatic heterocycles. The van der Waals surface area contributed by atoms with Crippen molar-refractivity contribution in [2.45, 2.75) is 25.3 Å². The molecule has 1 saturated heterocycles. The van der Waals surface area contributed by atoms with Crippen LogP contribution in [0.4, 0.5) is 11.6 Å². The second-order valence-electron chi connectivity index (χ2n) is 6.06. The molecule has 3 N–H and O–H groups in total. The lowest BCUT2D eigenvalue weighted by Gasteiger charge is -2.24. The zero-order chi connectivity index (χ0) is 16.9. The third kappa shape index (κ3) is 3.87. The molecule has 3 rings (SSSR count). The van der Waals surface area contributed by atoms with E-state index < -0.39 is 0 Å². The van der Waals surface area contributed by atoms with Crippen molar-refractivity contribution in [3.63, 3.8) is 0 Å². The molecule has 0 bridgehead atoms. The number of nitrogens with zero attached hydrogens (tertiary/aromatic N) is 4. The summed E-state index contributed by atoms with van der Waals surface area (Å²) in [6.07, 6.45) is 2.69. The van der Waals surface area contributed by atoms with Crippen molar-refractivity contribution in [1.82, 2.24) is 19.9 Å². The highest BCUT2D eigenvalue weighted by molar-refractivity contribution is 5.51. The van der Waals surface area contributed by atoms with Gasteiger partial charge in [0.2, 0.25) is 0 Å². The van der Waals surface area contributed by atoms with E-state index in [1.807, 2.05) is 31.2 Å². The van der Waals surface area contributed by atoms with Gasteiger partial charge in [-0.3, -0.25) is 4.90 Å². The third-order valence-electron chi connectivity index (χ3n) is 4.35. The standard InChI is InChI=1S/C17H23N5O2/c1-12-19-15(13-5-7-22(9-13)14(10-23)11-24)8-17(20-12)21-16-4-2-3-6-18-16/h2-4,6,8,13-14,23-24H,5,7,9-11H2,1H3,(H,18,19,20,21). The van der Waals surface area contributed by atoms with Gasteiger partial charge in [-0.1, -0.05) is 6.07 Å². The van der Waals surface area contributed by atoms with Gasteiger partial charge < -0.3 is 15.5 Å². The molecule has 2 aromatic heterocycles. The Morgan fingerprint density at radius 3 is 2.79 bits per heavy atom. The van der Waals surface area contributed by atoms with Crippen molar-refractivity contribution in [1.29, 1.82) is 0 Å². The molecule has 1 aliphatic rings. The molecule has 0 saturated carbocycles. The largest absolute Gasteiger partial charge is 0.395 e. The van der Waals surface area contributed by atoms with E-state index in [1.54, 1.807) is 6.20 Å². The summed E-state index contributed by atoms with van der Waals surface area (Å²) in [6.45, 7) is 3.45. The Hall–Kier alpha value is -2.09. The fourth-order valence-corrected chi connectivity index (χ4v) is 3.08. The minimum atomic E-state index is -0.191. The number of rotatable bonds is 6. The van der Waals surface area contributed by atoms with E-state index >= 15 is 0 Å². The van der Waals surface area contributed by atoms with Crippen molar-refractivity contribution >= 4 is 11.6 Å². The van der Waals surface area contributed by atoms with E-state index in [9.17, 15) is 10.2 Å². The van der Waals surface area contributed by atoms with Crippen molar-refractivity contribution in [2.75, 3.05) is 31.6 Å². The van der Waals surface area contributed by atoms with Crippen LogP contribution in [-0.4, -0.2) is 62.4 Å². The third-order valence-corrected chi connectivity index (χ3v) is 4.35. The average molecular weight is 329 g/mol. The lowest BCUT2D eigenvalue weighted by molar-refractivity contribution is 0.0896. The highest BCUT2D eigenvalue weighted by atomic mass is 16.3. The van der Waals surface area contributed by atoms with Gasteiger partial charge in [0.25, 0.3) is 0 Å². The first-order valence-electron chi connectivity index (χ1n) is 8.19. The van der Waals surface area contributed by atoms with Gasteiger partial charge in [-0.15, -0.1) is 0 Å². The number of aliphatic hydroxyl groups excluding tert-OH is 2. The summed E-state index contributed by atoms with van der Waals surface area (Å²) in [5, 5.41) is 21.9. The zero-order valence-corrected chi connectivity index (χ0v) is 13.8. The van der Waals surface area contributed by atoms with E-state index in [0.29, 0.717) is 5.82 Å². The first-order chi connectivity index (χ1) is 11.7. The number of likely N-dealkylation sites (tertiary alicyclic amines) is 1. The Balaban J connectivity index is 1.75. The molecule has 1 unspecified atom stereocenters. The minimum absolute atomic E-state index is 0.0293. The smallest absolute Gasteiger partial charge is 0.135 e. The molecule has 3 heterocycles. The lowest BCUT2D eigenvalue weighted by Crippen LogP contribution is -2.38. The predicted octanol–water partition coefficient (Wildman–Crippen LogP) is 1.07. The molecule has 0 radical (unpaired) electrons. The van der Waals surface area contributed by atoms with Crippen LogP contribution in [-0.2, 0) is 0 Å². The summed E-state index contributed by atoms with van der Waals surface area (Å²) in [4.78, 5) is 15.4. The monoisotopic (exact) mass is 329 g/mol. The Bertz CT molecular complexity index is 663. The van der Waals surface area contributed by atoms with E-state index in [2.05, 4.69) is 25.2 Å². The maximum Gasteiger partial charge on any atom is 0.135 e. The maximum atomic E-state index is 9.35. The number of aliphatic hydroxyl groups is 2. The van der Waals surface area contributed by atoms with Gasteiger partial charge in [-0.05, 0) is 32.0 Å². The molecule has 24 heavy (non-hydrogen) atoms. The fourth-order valence-electron chi connectivity index (χ4n) is 3.08. The summed E-state index contributed by atoms with van der Waals surface area (Å²) in [5.41, 5.74) is 0.984. The second-order valence-corrected chi connectivity index (χ2v) is 6.06. The van der Waals surface area contributed by atoms with Gasteiger partial charge in [0, 0.05) is 24.7 Å². The summed E-state index contributed by atoms with van der Waals surface area (Å²) >= 11 is 0. The average Bonchev–Trinajstić information content (AvgIpc) is 3.06. The number of anilines is 2. The Morgan fingerprint density at radius 2 is 2.08 bits per heavy atom. The molecular weight excluding hydrogens is 306 g/mol. The lowest BCUT2D eigenvalue weighted by atomic mass is 10.0. The maximum absolute atomic E-state index is 9.35. The van der Waals surface area contributed by atoms with Crippen molar-refractivity contribution in [3.05, 3.63) is 42.0 Å². The van der Waals surface area contributed by atoms with Crippen LogP contribution in [0.15, 0.2) is 30.5 Å². The van der Waals surface area contributed by atoms with E-state index in [4.69, 9.17) is 0 Å². The number of aromatic nitrogens is 3. The SMILES string of the molecule is Cc1nc(Nc2ccccn2)cc(C2CCN(C(CO)CO)C2)n1. The normalized spacial score (nSPS) is 18.2. The topological polar surface area (TPSA) is 94.4 Å². The minimum Gasteiger partial charge on any atom is -0.395 e. The fraction of sp³-hybridized carbons (Fsp3) is 0.471. The van der Waals surface area contributed by atoms with Crippen LogP contribution in [0.5, 0.6) is 0 Å². The quantitative estimate of drug-likeness (QED) is 0.729. The molecule has 128 valence electrons. The van der Waals surface area contributed by atoms with Gasteiger partial charge in [-0.25, -0.2) is 15.0 Å². The number of nitrogens with one attached hydrogen (secondary N) is 1. The molecule has 7 nitrogen and oxygen atoms in total. The van der Waals surface area contributed by atoms with Crippen molar-refractivity contribution in [2.24, 2.45) is 0 Å². The van der Waals surface area contributed by atoms with E-state index in [-0.39, 0.29) is 25.2 Å². The number of hydrogen-bond acceptors (Lipinski definition) is 7. The van der Waals surface area contributed by atoms with E-state index in [0.717, 1.165) is 36.8 Å². The zero-order valence-electron chi connectivity index (χ0n) is 13.8. The Labute approximate surface area is 141 Å². The van der Waals surface area contributed by atoms with Gasteiger partial charge in [-0.2, -0.15) is 0 Å². The Kier molecular flexibility index (Phi) is 5.34. The molecule has 0 spiro atoms. The summed E-state index contributed by atoms with van der Waals surface area (Å²) in [6, 6.07) is 7.45.